The Kier molecular flexibility index (Phi) is 10.6. The lowest BCUT2D eigenvalue weighted by atomic mass is 9.88. The number of hydrogen-bond donors (Lipinski definition) is 3. The van der Waals surface area contributed by atoms with E-state index in [0.717, 1.165) is 38.9 Å². The van der Waals surface area contributed by atoms with Gasteiger partial charge in [-0.1, -0.05) is 36.8 Å². The molecule has 7 atom stereocenters. The maximum absolute atomic E-state index is 12.0. The van der Waals surface area contributed by atoms with Gasteiger partial charge in [-0.3, -0.25) is 4.79 Å². The van der Waals surface area contributed by atoms with E-state index in [1.54, 1.807) is 6.92 Å². The van der Waals surface area contributed by atoms with Crippen LogP contribution in [-0.4, -0.2) is 67.3 Å². The normalized spacial score (nSPS) is 36.1. The highest BCUT2D eigenvalue weighted by molar-refractivity contribution is 5.87. The zero-order chi connectivity index (χ0) is 23.7. The van der Waals surface area contributed by atoms with Crippen molar-refractivity contribution in [3.8, 4) is 0 Å². The first-order chi connectivity index (χ1) is 15.3. The van der Waals surface area contributed by atoms with Crippen LogP contribution in [0.2, 0.25) is 0 Å². The molecule has 1 amide bonds. The fourth-order valence-corrected chi connectivity index (χ4v) is 4.21. The summed E-state index contributed by atoms with van der Waals surface area (Å²) in [5, 5.41) is 12.3. The first kappa shape index (κ1) is 26.7. The Morgan fingerprint density at radius 2 is 2.03 bits per heavy atom. The van der Waals surface area contributed by atoms with Gasteiger partial charge in [0.25, 0.3) is 0 Å². The van der Waals surface area contributed by atoms with Gasteiger partial charge in [-0.25, -0.2) is 0 Å². The zero-order valence-corrected chi connectivity index (χ0v) is 20.3. The van der Waals surface area contributed by atoms with Gasteiger partial charge < -0.3 is 30.4 Å². The monoisotopic (exact) mass is 450 g/mol. The molecule has 0 aromatic rings. The van der Waals surface area contributed by atoms with Crippen LogP contribution in [0.15, 0.2) is 36.0 Å². The molecule has 3 fully saturated rings. The van der Waals surface area contributed by atoms with Gasteiger partial charge in [-0.15, -0.1) is 0 Å². The highest BCUT2D eigenvalue weighted by Gasteiger charge is 2.48. The molecule has 4 N–H and O–H groups in total. The maximum Gasteiger partial charge on any atom is 0.244 e. The van der Waals surface area contributed by atoms with Gasteiger partial charge in [0, 0.05) is 18.9 Å². The van der Waals surface area contributed by atoms with E-state index in [1.165, 1.54) is 24.8 Å². The van der Waals surface area contributed by atoms with Crippen LogP contribution in [-0.2, 0) is 19.0 Å². The number of rotatable bonds is 7. The van der Waals surface area contributed by atoms with E-state index >= 15 is 0 Å². The van der Waals surface area contributed by atoms with E-state index < -0.39 is 6.10 Å². The number of hydrogen-bond acceptors (Lipinski definition) is 6. The zero-order valence-electron chi connectivity index (χ0n) is 20.3. The fraction of sp³-hybridized carbons (Fsp3) is 0.720. The van der Waals surface area contributed by atoms with Crippen LogP contribution in [0.5, 0.6) is 0 Å². The second kappa shape index (κ2) is 12.7. The van der Waals surface area contributed by atoms with E-state index in [4.69, 9.17) is 14.2 Å². The Morgan fingerprint density at radius 1 is 1.31 bits per heavy atom. The van der Waals surface area contributed by atoms with Crippen molar-refractivity contribution in [2.24, 2.45) is 11.7 Å². The number of aliphatic hydroxyl groups is 1. The first-order valence-electron chi connectivity index (χ1n) is 11.8. The molecule has 3 heterocycles. The number of allylic oxidation sites excluding steroid dienone is 2. The Hall–Kier alpha value is -1.51. The number of nitrogens with one attached hydrogen (secondary N) is 1. The summed E-state index contributed by atoms with van der Waals surface area (Å²) in [6.45, 7) is 9.56. The van der Waals surface area contributed by atoms with Gasteiger partial charge in [0.2, 0.25) is 5.91 Å². The molecule has 0 saturated carbocycles. The molecule has 7 unspecified atom stereocenters. The van der Waals surface area contributed by atoms with E-state index in [0.29, 0.717) is 5.92 Å². The predicted molar refractivity (Wildman–Crippen MR) is 126 cm³/mol. The van der Waals surface area contributed by atoms with Crippen molar-refractivity contribution in [1.82, 2.24) is 5.32 Å². The van der Waals surface area contributed by atoms with Crippen molar-refractivity contribution in [3.05, 3.63) is 36.0 Å². The van der Waals surface area contributed by atoms with Crippen molar-refractivity contribution in [1.29, 1.82) is 0 Å². The molecule has 3 aliphatic heterocycles. The highest BCUT2D eigenvalue weighted by atomic mass is 16.6. The Bertz CT molecular complexity index is 684. The minimum absolute atomic E-state index is 0.0206. The number of nitrogens with two attached hydrogens (primary N) is 1. The van der Waals surface area contributed by atoms with Crippen LogP contribution in [0.3, 0.4) is 0 Å². The maximum atomic E-state index is 12.0. The molecule has 182 valence electrons. The van der Waals surface area contributed by atoms with Crippen LogP contribution < -0.4 is 11.1 Å². The third-order valence-corrected chi connectivity index (χ3v) is 6.33. The molecule has 0 aliphatic carbocycles. The van der Waals surface area contributed by atoms with Gasteiger partial charge in [0.1, 0.15) is 0 Å². The number of carbonyl (C=O) groups is 1. The van der Waals surface area contributed by atoms with Crippen LogP contribution in [0, 0.1) is 5.92 Å². The second-order valence-electron chi connectivity index (χ2n) is 9.19. The highest BCUT2D eigenvalue weighted by Crippen LogP contribution is 2.39. The molecule has 3 saturated heterocycles. The summed E-state index contributed by atoms with van der Waals surface area (Å²) in [5.41, 5.74) is 5.81. The Morgan fingerprint density at radius 3 is 2.69 bits per heavy atom. The molecule has 3 aliphatic rings. The summed E-state index contributed by atoms with van der Waals surface area (Å²) in [5.74, 6) is 0.153. The number of ether oxygens (including phenoxy) is 3. The van der Waals surface area contributed by atoms with Crippen molar-refractivity contribution in [2.75, 3.05) is 20.3 Å². The summed E-state index contributed by atoms with van der Waals surface area (Å²) in [7, 11) is 1.50. The number of carbonyl (C=O) groups excluding carboxylic acids is 1. The molecular formula is C25H42N2O5. The lowest BCUT2D eigenvalue weighted by molar-refractivity contribution is -0.123. The standard InChI is InChI=1S/C24H37NO5.CH5N/c1-16(5-8-20-14-24(15-29-24)11-12-28-20)6-9-22-17(2)13-21(19(4)30-22)25-23(27)10-7-18(3)26;1-2/h5-8,10,17-22,26H,9,11-15H2,1-4H3,(H,25,27);2H2,1H3/b8-5+,10-7-,16-6+;. The average Bonchev–Trinajstić information content (AvgIpc) is 3.51. The van der Waals surface area contributed by atoms with Crippen molar-refractivity contribution in [2.45, 2.75) is 89.4 Å². The molecule has 7 heteroatoms. The SMILES string of the molecule is CC(/C=C/C1CC2(CCO1)CO2)=C\CC1OC(C)C(NC(=O)/C=C\C(C)O)CC1C.CN. The number of amides is 1. The van der Waals surface area contributed by atoms with Crippen LogP contribution in [0.1, 0.15) is 53.4 Å². The summed E-state index contributed by atoms with van der Waals surface area (Å²) >= 11 is 0. The summed E-state index contributed by atoms with van der Waals surface area (Å²) in [6.07, 6.45) is 12.7. The van der Waals surface area contributed by atoms with Gasteiger partial charge >= 0.3 is 0 Å². The molecule has 7 nitrogen and oxygen atoms in total. The van der Waals surface area contributed by atoms with E-state index in [1.807, 2.05) is 6.92 Å². The minimum atomic E-state index is -0.629. The van der Waals surface area contributed by atoms with E-state index in [9.17, 15) is 9.90 Å². The summed E-state index contributed by atoms with van der Waals surface area (Å²) in [6, 6.07) is -0.0206. The van der Waals surface area contributed by atoms with E-state index in [-0.39, 0.29) is 35.9 Å². The van der Waals surface area contributed by atoms with Gasteiger partial charge in [-0.05, 0) is 46.6 Å². The second-order valence-corrected chi connectivity index (χ2v) is 9.19. The number of epoxide rings is 1. The quantitative estimate of drug-likeness (QED) is 0.313. The molecule has 32 heavy (non-hydrogen) atoms. The van der Waals surface area contributed by atoms with Crippen LogP contribution >= 0.6 is 0 Å². The minimum Gasteiger partial charge on any atom is -0.389 e. The van der Waals surface area contributed by atoms with Crippen LogP contribution in [0.25, 0.3) is 0 Å². The topological polar surface area (TPSA) is 106 Å². The smallest absolute Gasteiger partial charge is 0.244 e. The van der Waals surface area contributed by atoms with Gasteiger partial charge in [0.05, 0.1) is 49.3 Å². The summed E-state index contributed by atoms with van der Waals surface area (Å²) in [4.78, 5) is 12.0. The van der Waals surface area contributed by atoms with Crippen molar-refractivity contribution in [3.63, 3.8) is 0 Å². The molecule has 0 bridgehead atoms. The Balaban J connectivity index is 0.00000176. The predicted octanol–water partition coefficient (Wildman–Crippen LogP) is 2.64. The lowest BCUT2D eigenvalue weighted by Gasteiger charge is -2.39. The third-order valence-electron chi connectivity index (χ3n) is 6.33. The Labute approximate surface area is 193 Å². The summed E-state index contributed by atoms with van der Waals surface area (Å²) < 4.78 is 17.6. The fourth-order valence-electron chi connectivity index (χ4n) is 4.21. The molecule has 3 rings (SSSR count). The molecule has 0 aromatic heterocycles. The van der Waals surface area contributed by atoms with Gasteiger partial charge in [0.15, 0.2) is 0 Å². The molecular weight excluding hydrogens is 408 g/mol. The van der Waals surface area contributed by atoms with Crippen LogP contribution in [0.4, 0.5) is 0 Å². The molecule has 0 radical (unpaired) electrons. The van der Waals surface area contributed by atoms with Crippen molar-refractivity contribution < 1.29 is 24.1 Å². The number of aliphatic hydroxyl groups excluding tert-OH is 1. The third kappa shape index (κ3) is 8.45. The van der Waals surface area contributed by atoms with E-state index in [2.05, 4.69) is 43.1 Å². The first-order valence-corrected chi connectivity index (χ1v) is 11.8. The molecule has 0 aromatic carbocycles. The van der Waals surface area contributed by atoms with Gasteiger partial charge in [-0.2, -0.15) is 0 Å². The lowest BCUT2D eigenvalue weighted by Crippen LogP contribution is -2.50. The largest absolute Gasteiger partial charge is 0.389 e. The molecule has 1 spiro atoms. The average molecular weight is 451 g/mol. The van der Waals surface area contributed by atoms with Crippen molar-refractivity contribution >= 4 is 5.91 Å².